The summed E-state index contributed by atoms with van der Waals surface area (Å²) in [5.74, 6) is 1.27. The minimum atomic E-state index is 0.524. The van der Waals surface area contributed by atoms with Crippen molar-refractivity contribution in [3.63, 3.8) is 0 Å². The second-order valence-corrected chi connectivity index (χ2v) is 6.54. The van der Waals surface area contributed by atoms with Crippen LogP contribution in [0.15, 0.2) is 30.3 Å². The maximum absolute atomic E-state index is 3.53. The van der Waals surface area contributed by atoms with Gasteiger partial charge in [-0.1, -0.05) is 44.2 Å². The van der Waals surface area contributed by atoms with Gasteiger partial charge in [-0.05, 0) is 18.5 Å². The molecule has 1 aliphatic heterocycles. The van der Waals surface area contributed by atoms with E-state index in [-0.39, 0.29) is 0 Å². The molecule has 1 fully saturated rings. The highest BCUT2D eigenvalue weighted by molar-refractivity contribution is 8.00. The zero-order valence-corrected chi connectivity index (χ0v) is 13.0. The average molecular weight is 278 g/mol. The highest BCUT2D eigenvalue weighted by Crippen LogP contribution is 2.28. The van der Waals surface area contributed by atoms with Gasteiger partial charge in [0.1, 0.15) is 0 Å². The smallest absolute Gasteiger partial charge is 0.0473 e. The summed E-state index contributed by atoms with van der Waals surface area (Å²) in [5.41, 5.74) is 1.45. The van der Waals surface area contributed by atoms with E-state index in [1.165, 1.54) is 30.8 Å². The standard InChI is InChI=1S/C16H26N2S/c1-3-15-13-18(10-11-19-15)16(12-17-4-2)14-8-6-5-7-9-14/h5-9,15-17H,3-4,10-13H2,1-2H3. The number of likely N-dealkylation sites (N-methyl/N-ethyl adjacent to an activating group) is 1. The molecule has 3 heteroatoms. The van der Waals surface area contributed by atoms with E-state index in [9.17, 15) is 0 Å². The van der Waals surface area contributed by atoms with Gasteiger partial charge in [0, 0.05) is 36.7 Å². The maximum Gasteiger partial charge on any atom is 0.0473 e. The summed E-state index contributed by atoms with van der Waals surface area (Å²) < 4.78 is 0. The fraction of sp³-hybridized carbons (Fsp3) is 0.625. The molecular weight excluding hydrogens is 252 g/mol. The third kappa shape index (κ3) is 4.23. The van der Waals surface area contributed by atoms with Crippen molar-refractivity contribution >= 4 is 11.8 Å². The van der Waals surface area contributed by atoms with Gasteiger partial charge in [-0.25, -0.2) is 0 Å². The summed E-state index contributed by atoms with van der Waals surface area (Å²) >= 11 is 2.14. The highest BCUT2D eigenvalue weighted by atomic mass is 32.2. The van der Waals surface area contributed by atoms with Gasteiger partial charge in [0.05, 0.1) is 0 Å². The van der Waals surface area contributed by atoms with Crippen LogP contribution in [0.1, 0.15) is 31.9 Å². The van der Waals surface area contributed by atoms with Crippen molar-refractivity contribution in [2.24, 2.45) is 0 Å². The lowest BCUT2D eigenvalue weighted by Crippen LogP contribution is -2.43. The summed E-state index contributed by atoms with van der Waals surface area (Å²) in [6, 6.07) is 11.5. The first-order valence-electron chi connectivity index (χ1n) is 7.46. The molecule has 0 aromatic heterocycles. The number of hydrogen-bond acceptors (Lipinski definition) is 3. The van der Waals surface area contributed by atoms with Crippen molar-refractivity contribution in [1.82, 2.24) is 10.2 Å². The van der Waals surface area contributed by atoms with Gasteiger partial charge in [-0.3, -0.25) is 4.90 Å². The van der Waals surface area contributed by atoms with Crippen molar-refractivity contribution in [1.29, 1.82) is 0 Å². The van der Waals surface area contributed by atoms with Crippen LogP contribution in [0.2, 0.25) is 0 Å². The summed E-state index contributed by atoms with van der Waals surface area (Å²) in [5, 5.41) is 4.34. The summed E-state index contributed by atoms with van der Waals surface area (Å²) in [4.78, 5) is 2.67. The molecule has 106 valence electrons. The molecule has 2 atom stereocenters. The molecule has 0 bridgehead atoms. The topological polar surface area (TPSA) is 15.3 Å². The fourth-order valence-electron chi connectivity index (χ4n) is 2.69. The van der Waals surface area contributed by atoms with Crippen LogP contribution in [0, 0.1) is 0 Å². The molecule has 19 heavy (non-hydrogen) atoms. The minimum Gasteiger partial charge on any atom is -0.315 e. The van der Waals surface area contributed by atoms with Crippen molar-refractivity contribution in [3.05, 3.63) is 35.9 Å². The highest BCUT2D eigenvalue weighted by Gasteiger charge is 2.26. The lowest BCUT2D eigenvalue weighted by atomic mass is 10.0. The first kappa shape index (κ1) is 14.9. The van der Waals surface area contributed by atoms with E-state index in [1.807, 2.05) is 0 Å². The Morgan fingerprint density at radius 2 is 2.11 bits per heavy atom. The van der Waals surface area contributed by atoms with Gasteiger partial charge in [-0.15, -0.1) is 0 Å². The SMILES string of the molecule is CCNCC(c1ccccc1)N1CCSC(CC)C1. The van der Waals surface area contributed by atoms with Crippen molar-refractivity contribution in [2.45, 2.75) is 31.6 Å². The molecule has 1 saturated heterocycles. The van der Waals surface area contributed by atoms with Crippen LogP contribution in [0.5, 0.6) is 0 Å². The molecule has 2 unspecified atom stereocenters. The van der Waals surface area contributed by atoms with Crippen LogP contribution >= 0.6 is 11.8 Å². The van der Waals surface area contributed by atoms with Gasteiger partial charge in [0.25, 0.3) is 0 Å². The fourth-order valence-corrected chi connectivity index (χ4v) is 3.89. The van der Waals surface area contributed by atoms with Crippen molar-refractivity contribution in [3.8, 4) is 0 Å². The van der Waals surface area contributed by atoms with E-state index >= 15 is 0 Å². The number of thioether (sulfide) groups is 1. The summed E-state index contributed by atoms with van der Waals surface area (Å²) in [7, 11) is 0. The number of nitrogens with one attached hydrogen (secondary N) is 1. The van der Waals surface area contributed by atoms with Gasteiger partial charge in [-0.2, -0.15) is 11.8 Å². The molecule has 2 nitrogen and oxygen atoms in total. The van der Waals surface area contributed by atoms with E-state index in [0.717, 1.165) is 18.3 Å². The molecule has 1 aromatic carbocycles. The molecule has 1 N–H and O–H groups in total. The van der Waals surface area contributed by atoms with Crippen LogP contribution in [0.25, 0.3) is 0 Å². The first-order valence-corrected chi connectivity index (χ1v) is 8.51. The predicted octanol–water partition coefficient (Wildman–Crippen LogP) is 3.16. The Morgan fingerprint density at radius 1 is 1.32 bits per heavy atom. The first-order chi connectivity index (χ1) is 9.35. The molecule has 0 spiro atoms. The third-order valence-electron chi connectivity index (χ3n) is 3.84. The molecular formula is C16H26N2S. The summed E-state index contributed by atoms with van der Waals surface area (Å²) in [6.07, 6.45) is 1.28. The molecule has 0 aliphatic carbocycles. The van der Waals surface area contributed by atoms with Crippen LogP contribution in [-0.4, -0.2) is 42.1 Å². The molecule has 0 saturated carbocycles. The second-order valence-electron chi connectivity index (χ2n) is 5.13. The van der Waals surface area contributed by atoms with E-state index in [4.69, 9.17) is 0 Å². The normalized spacial score (nSPS) is 22.3. The molecule has 1 heterocycles. The van der Waals surface area contributed by atoms with Gasteiger partial charge < -0.3 is 5.32 Å². The quantitative estimate of drug-likeness (QED) is 0.860. The predicted molar refractivity (Wildman–Crippen MR) is 85.8 cm³/mol. The Balaban J connectivity index is 2.08. The molecule has 1 aromatic rings. The van der Waals surface area contributed by atoms with E-state index < -0.39 is 0 Å². The van der Waals surface area contributed by atoms with Crippen LogP contribution in [0.4, 0.5) is 0 Å². The third-order valence-corrected chi connectivity index (χ3v) is 5.21. The Bertz CT molecular complexity index is 355. The van der Waals surface area contributed by atoms with Gasteiger partial charge in [0.15, 0.2) is 0 Å². The molecule has 0 radical (unpaired) electrons. The minimum absolute atomic E-state index is 0.524. The Labute approximate surface area is 122 Å². The van der Waals surface area contributed by atoms with Gasteiger partial charge in [0.2, 0.25) is 0 Å². The number of rotatable bonds is 6. The lowest BCUT2D eigenvalue weighted by molar-refractivity contribution is 0.199. The van der Waals surface area contributed by atoms with Crippen LogP contribution in [0.3, 0.4) is 0 Å². The van der Waals surface area contributed by atoms with Crippen molar-refractivity contribution in [2.75, 3.05) is 31.9 Å². The number of benzene rings is 1. The molecule has 1 aliphatic rings. The van der Waals surface area contributed by atoms with E-state index in [2.05, 4.69) is 66.2 Å². The zero-order chi connectivity index (χ0) is 13.5. The Kier molecular flexibility index (Phi) is 6.21. The maximum atomic E-state index is 3.53. The number of hydrogen-bond donors (Lipinski definition) is 1. The largest absolute Gasteiger partial charge is 0.315 e. The Morgan fingerprint density at radius 3 is 2.79 bits per heavy atom. The molecule has 0 amide bonds. The van der Waals surface area contributed by atoms with E-state index in [0.29, 0.717) is 6.04 Å². The monoisotopic (exact) mass is 278 g/mol. The lowest BCUT2D eigenvalue weighted by Gasteiger charge is -2.38. The molecule has 2 rings (SSSR count). The average Bonchev–Trinajstić information content (AvgIpc) is 2.49. The van der Waals surface area contributed by atoms with Crippen LogP contribution < -0.4 is 5.32 Å². The Hall–Kier alpha value is -0.510. The van der Waals surface area contributed by atoms with E-state index in [1.54, 1.807) is 0 Å². The van der Waals surface area contributed by atoms with Gasteiger partial charge >= 0.3 is 0 Å². The number of nitrogens with zero attached hydrogens (tertiary/aromatic N) is 1. The second kappa shape index (κ2) is 7.93. The van der Waals surface area contributed by atoms with Crippen LogP contribution in [-0.2, 0) is 0 Å². The summed E-state index contributed by atoms with van der Waals surface area (Å²) in [6.45, 7) is 9.04. The van der Waals surface area contributed by atoms with Crippen molar-refractivity contribution < 1.29 is 0 Å². The zero-order valence-electron chi connectivity index (χ0n) is 12.1.